The summed E-state index contributed by atoms with van der Waals surface area (Å²) in [5.74, 6) is -0.151. The molecule has 0 unspecified atom stereocenters. The van der Waals surface area contributed by atoms with Crippen molar-refractivity contribution in [2.45, 2.75) is 37.8 Å². The molecule has 2 N–H and O–H groups in total. The second-order valence-electron chi connectivity index (χ2n) is 5.01. The molecule has 1 aromatic carbocycles. The van der Waals surface area contributed by atoms with Crippen molar-refractivity contribution in [1.29, 1.82) is 0 Å². The predicted molar refractivity (Wildman–Crippen MR) is 81.9 cm³/mol. The number of carbonyl (C=O) groups excluding carboxylic acids is 1. The number of amides is 1. The maximum atomic E-state index is 11.8. The lowest BCUT2D eigenvalue weighted by Gasteiger charge is -2.25. The predicted octanol–water partition coefficient (Wildman–Crippen LogP) is 3.43. The zero-order valence-corrected chi connectivity index (χ0v) is 12.5. The minimum atomic E-state index is -0.219. The molecule has 5 heteroatoms. The molecule has 108 valence electrons. The molecule has 0 bridgehead atoms. The van der Waals surface area contributed by atoms with E-state index in [4.69, 9.17) is 23.2 Å². The summed E-state index contributed by atoms with van der Waals surface area (Å²) in [4.78, 5) is 11.8. The van der Waals surface area contributed by atoms with Gasteiger partial charge in [0.05, 0.1) is 6.10 Å². The molecule has 0 atom stereocenters. The molecule has 1 fully saturated rings. The minimum Gasteiger partial charge on any atom is -0.393 e. The second-order valence-corrected chi connectivity index (χ2v) is 5.86. The molecule has 0 radical (unpaired) electrons. The Morgan fingerprint density at radius 3 is 2.65 bits per heavy atom. The van der Waals surface area contributed by atoms with Crippen LogP contribution in [0.2, 0.25) is 10.0 Å². The Kier molecular flexibility index (Phi) is 5.46. The molecule has 1 aliphatic rings. The second kappa shape index (κ2) is 7.11. The van der Waals surface area contributed by atoms with E-state index in [9.17, 15) is 9.90 Å². The Hall–Kier alpha value is -1.03. The first kappa shape index (κ1) is 15.4. The zero-order chi connectivity index (χ0) is 14.5. The maximum Gasteiger partial charge on any atom is 0.244 e. The molecule has 0 spiro atoms. The van der Waals surface area contributed by atoms with E-state index < -0.39 is 0 Å². The monoisotopic (exact) mass is 313 g/mol. The van der Waals surface area contributed by atoms with Crippen molar-refractivity contribution in [2.75, 3.05) is 0 Å². The molecular formula is C15H17Cl2NO2. The molecule has 0 saturated heterocycles. The van der Waals surface area contributed by atoms with Crippen molar-refractivity contribution in [3.05, 3.63) is 39.9 Å². The highest BCUT2D eigenvalue weighted by Crippen LogP contribution is 2.22. The molecule has 0 aliphatic heterocycles. The highest BCUT2D eigenvalue weighted by Gasteiger charge is 2.19. The van der Waals surface area contributed by atoms with Crippen LogP contribution in [0, 0.1) is 0 Å². The number of benzene rings is 1. The number of aliphatic hydroxyl groups is 1. The summed E-state index contributed by atoms with van der Waals surface area (Å²) in [5.41, 5.74) is 0.716. The summed E-state index contributed by atoms with van der Waals surface area (Å²) >= 11 is 11.9. The molecule has 1 aromatic rings. The lowest BCUT2D eigenvalue weighted by molar-refractivity contribution is -0.117. The van der Waals surface area contributed by atoms with E-state index in [2.05, 4.69) is 5.32 Å². The van der Waals surface area contributed by atoms with Gasteiger partial charge in [0.15, 0.2) is 0 Å². The Bertz CT molecular complexity index is 509. The molecule has 3 nitrogen and oxygen atoms in total. The van der Waals surface area contributed by atoms with Crippen LogP contribution in [0.5, 0.6) is 0 Å². The first-order valence-corrected chi connectivity index (χ1v) is 7.42. The summed E-state index contributed by atoms with van der Waals surface area (Å²) in [7, 11) is 0. The minimum absolute atomic E-state index is 0.144. The van der Waals surface area contributed by atoms with Crippen LogP contribution in [0.4, 0.5) is 0 Å². The normalized spacial score (nSPS) is 22.9. The molecule has 0 aromatic heterocycles. The zero-order valence-electron chi connectivity index (χ0n) is 11.0. The van der Waals surface area contributed by atoms with Crippen molar-refractivity contribution in [2.24, 2.45) is 0 Å². The van der Waals surface area contributed by atoms with Crippen molar-refractivity contribution < 1.29 is 9.90 Å². The van der Waals surface area contributed by atoms with Crippen LogP contribution in [-0.4, -0.2) is 23.2 Å². The quantitative estimate of drug-likeness (QED) is 0.840. The van der Waals surface area contributed by atoms with Crippen molar-refractivity contribution in [1.82, 2.24) is 5.32 Å². The topological polar surface area (TPSA) is 49.3 Å². The first-order chi connectivity index (χ1) is 9.54. The molecule has 1 aliphatic carbocycles. The molecule has 0 heterocycles. The van der Waals surface area contributed by atoms with E-state index in [1.54, 1.807) is 24.3 Å². The van der Waals surface area contributed by atoms with Crippen LogP contribution in [0.1, 0.15) is 31.2 Å². The summed E-state index contributed by atoms with van der Waals surface area (Å²) in [6, 6.07) is 5.26. The van der Waals surface area contributed by atoms with Crippen molar-refractivity contribution in [3.8, 4) is 0 Å². The van der Waals surface area contributed by atoms with Crippen LogP contribution >= 0.6 is 23.2 Å². The maximum absolute atomic E-state index is 11.8. The van der Waals surface area contributed by atoms with Gasteiger partial charge in [-0.25, -0.2) is 0 Å². The van der Waals surface area contributed by atoms with E-state index in [0.29, 0.717) is 15.6 Å². The number of carbonyl (C=O) groups is 1. The van der Waals surface area contributed by atoms with E-state index in [1.807, 2.05) is 0 Å². The summed E-state index contributed by atoms with van der Waals surface area (Å²) < 4.78 is 0. The molecule has 2 rings (SSSR count). The fourth-order valence-corrected chi connectivity index (χ4v) is 2.64. The van der Waals surface area contributed by atoms with Crippen LogP contribution in [0.15, 0.2) is 24.3 Å². The number of nitrogens with one attached hydrogen (secondary N) is 1. The third-order valence-corrected chi connectivity index (χ3v) is 3.99. The van der Waals surface area contributed by atoms with Gasteiger partial charge in [-0.05, 0) is 55.5 Å². The van der Waals surface area contributed by atoms with Gasteiger partial charge >= 0.3 is 0 Å². The Labute approximate surface area is 128 Å². The van der Waals surface area contributed by atoms with E-state index in [0.717, 1.165) is 25.7 Å². The van der Waals surface area contributed by atoms with Crippen LogP contribution < -0.4 is 5.32 Å². The summed E-state index contributed by atoms with van der Waals surface area (Å²) in [6.45, 7) is 0. The van der Waals surface area contributed by atoms with Gasteiger partial charge in [0.2, 0.25) is 5.91 Å². The summed E-state index contributed by atoms with van der Waals surface area (Å²) in [5, 5.41) is 13.5. The van der Waals surface area contributed by atoms with E-state index in [1.165, 1.54) is 6.08 Å². The smallest absolute Gasteiger partial charge is 0.244 e. The Morgan fingerprint density at radius 2 is 1.95 bits per heavy atom. The van der Waals surface area contributed by atoms with Crippen molar-refractivity contribution in [3.63, 3.8) is 0 Å². The van der Waals surface area contributed by atoms with Crippen LogP contribution in [0.25, 0.3) is 6.08 Å². The third-order valence-electron chi connectivity index (χ3n) is 3.42. The average molecular weight is 314 g/mol. The highest BCUT2D eigenvalue weighted by molar-refractivity contribution is 6.34. The van der Waals surface area contributed by atoms with Gasteiger partial charge in [0, 0.05) is 22.2 Å². The average Bonchev–Trinajstić information content (AvgIpc) is 2.42. The first-order valence-electron chi connectivity index (χ1n) is 6.66. The van der Waals surface area contributed by atoms with Gasteiger partial charge in [-0.15, -0.1) is 0 Å². The Balaban J connectivity index is 1.90. The lowest BCUT2D eigenvalue weighted by Crippen LogP contribution is -2.37. The van der Waals surface area contributed by atoms with Gasteiger partial charge in [0.1, 0.15) is 0 Å². The number of halogens is 2. The number of aliphatic hydroxyl groups excluding tert-OH is 1. The molecule has 1 saturated carbocycles. The van der Waals surface area contributed by atoms with Gasteiger partial charge in [0.25, 0.3) is 0 Å². The lowest BCUT2D eigenvalue weighted by atomic mass is 9.93. The van der Waals surface area contributed by atoms with E-state index >= 15 is 0 Å². The molecule has 1 amide bonds. The van der Waals surface area contributed by atoms with E-state index in [-0.39, 0.29) is 18.1 Å². The van der Waals surface area contributed by atoms with Gasteiger partial charge in [-0.3, -0.25) is 4.79 Å². The summed E-state index contributed by atoms with van der Waals surface area (Å²) in [6.07, 6.45) is 6.02. The molecule has 20 heavy (non-hydrogen) atoms. The van der Waals surface area contributed by atoms with Gasteiger partial charge in [-0.2, -0.15) is 0 Å². The molecular weight excluding hydrogens is 297 g/mol. The third kappa shape index (κ3) is 4.51. The Morgan fingerprint density at radius 1 is 1.25 bits per heavy atom. The fourth-order valence-electron chi connectivity index (χ4n) is 2.28. The fraction of sp³-hybridized carbons (Fsp3) is 0.400. The van der Waals surface area contributed by atoms with Gasteiger partial charge in [-0.1, -0.05) is 23.2 Å². The largest absolute Gasteiger partial charge is 0.393 e. The van der Waals surface area contributed by atoms with Crippen molar-refractivity contribution >= 4 is 35.2 Å². The number of hydrogen-bond acceptors (Lipinski definition) is 2. The van der Waals surface area contributed by atoms with Gasteiger partial charge < -0.3 is 10.4 Å². The standard InChI is InChI=1S/C15H17Cl2NO2/c16-11-2-7-14(17)10(9-11)1-8-15(20)18-12-3-5-13(19)6-4-12/h1-2,7-9,12-13,19H,3-6H2,(H,18,20)/b8-1+. The number of hydrogen-bond donors (Lipinski definition) is 2. The van der Waals surface area contributed by atoms with Crippen LogP contribution in [-0.2, 0) is 4.79 Å². The number of rotatable bonds is 3. The van der Waals surface area contributed by atoms with Crippen LogP contribution in [0.3, 0.4) is 0 Å². The highest BCUT2D eigenvalue weighted by atomic mass is 35.5. The SMILES string of the molecule is O=C(/C=C/c1cc(Cl)ccc1Cl)NC1CCC(O)CC1.